The Labute approximate surface area is 184 Å². The van der Waals surface area contributed by atoms with Crippen molar-refractivity contribution in [2.75, 3.05) is 0 Å². The first kappa shape index (κ1) is 19.1. The van der Waals surface area contributed by atoms with Crippen molar-refractivity contribution < 1.29 is 4.79 Å². The number of fused-ring (bicyclic) bond motifs is 2. The monoisotopic (exact) mass is 442 g/mol. The molecule has 2 fully saturated rings. The van der Waals surface area contributed by atoms with Gasteiger partial charge in [-0.3, -0.25) is 4.79 Å². The summed E-state index contributed by atoms with van der Waals surface area (Å²) < 4.78 is 0. The molecule has 3 unspecified atom stereocenters. The number of hydrogen-bond donors (Lipinski definition) is 1. The highest BCUT2D eigenvalue weighted by atomic mass is 35.5. The molecule has 2 saturated carbocycles. The number of carbonyl (C=O) groups is 1. The van der Waals surface area contributed by atoms with Crippen LogP contribution >= 0.6 is 34.5 Å². The molecule has 2 aromatic carbocycles. The van der Waals surface area contributed by atoms with Crippen LogP contribution in [0, 0.1) is 11.8 Å². The Hall–Kier alpha value is -1.88. The first-order chi connectivity index (χ1) is 14.1. The molecule has 0 aliphatic heterocycles. The average molecular weight is 443 g/mol. The van der Waals surface area contributed by atoms with Crippen LogP contribution in [0.2, 0.25) is 10.0 Å². The Kier molecular flexibility index (Phi) is 5.10. The van der Waals surface area contributed by atoms with E-state index in [4.69, 9.17) is 28.2 Å². The number of hydrogen-bond acceptors (Lipinski definition) is 3. The summed E-state index contributed by atoms with van der Waals surface area (Å²) >= 11 is 14.1. The van der Waals surface area contributed by atoms with E-state index in [1.165, 1.54) is 30.6 Å². The van der Waals surface area contributed by atoms with E-state index in [1.54, 1.807) is 12.1 Å². The van der Waals surface area contributed by atoms with Crippen molar-refractivity contribution in [2.24, 2.45) is 11.8 Å². The fourth-order valence-corrected chi connectivity index (χ4v) is 6.08. The Balaban J connectivity index is 1.53. The fraction of sp³-hybridized carbons (Fsp3) is 0.304. The summed E-state index contributed by atoms with van der Waals surface area (Å²) in [6, 6.07) is 15.6. The Morgan fingerprint density at radius 2 is 1.90 bits per heavy atom. The van der Waals surface area contributed by atoms with Gasteiger partial charge in [-0.2, -0.15) is 0 Å². The quantitative estimate of drug-likeness (QED) is 0.487. The summed E-state index contributed by atoms with van der Waals surface area (Å²) in [6.45, 7) is 0. The normalized spacial score (nSPS) is 22.8. The molecule has 0 radical (unpaired) electrons. The van der Waals surface area contributed by atoms with E-state index in [-0.39, 0.29) is 11.9 Å². The second kappa shape index (κ2) is 7.75. The molecule has 2 aliphatic rings. The van der Waals surface area contributed by atoms with Gasteiger partial charge in [0.1, 0.15) is 0 Å². The van der Waals surface area contributed by atoms with Crippen molar-refractivity contribution in [3.63, 3.8) is 0 Å². The number of thiazole rings is 1. The van der Waals surface area contributed by atoms with Gasteiger partial charge >= 0.3 is 0 Å². The maximum atomic E-state index is 13.0. The van der Waals surface area contributed by atoms with Crippen molar-refractivity contribution in [2.45, 2.75) is 31.7 Å². The predicted molar refractivity (Wildman–Crippen MR) is 120 cm³/mol. The SMILES string of the molecule is O=C(NC1CC2CCC1C2)c1nc(-c2cc(Cl)ccc2Cl)c(-c2ccccc2)s1. The summed E-state index contributed by atoms with van der Waals surface area (Å²) in [4.78, 5) is 18.7. The van der Waals surface area contributed by atoms with Crippen LogP contribution in [0.5, 0.6) is 0 Å². The molecule has 29 heavy (non-hydrogen) atoms. The van der Waals surface area contributed by atoms with Crippen LogP contribution in [0.15, 0.2) is 48.5 Å². The molecule has 3 nitrogen and oxygen atoms in total. The zero-order valence-electron chi connectivity index (χ0n) is 15.7. The zero-order chi connectivity index (χ0) is 20.0. The van der Waals surface area contributed by atoms with E-state index in [0.717, 1.165) is 28.3 Å². The third-order valence-electron chi connectivity index (χ3n) is 6.10. The van der Waals surface area contributed by atoms with Gasteiger partial charge in [0, 0.05) is 16.6 Å². The van der Waals surface area contributed by atoms with Crippen LogP contribution in [0.1, 0.15) is 35.5 Å². The number of aromatic nitrogens is 1. The number of benzene rings is 2. The van der Waals surface area contributed by atoms with E-state index in [0.29, 0.717) is 26.7 Å². The fourth-order valence-electron chi connectivity index (χ4n) is 4.72. The molecule has 148 valence electrons. The van der Waals surface area contributed by atoms with Crippen molar-refractivity contribution in [3.8, 4) is 21.7 Å². The average Bonchev–Trinajstić information content (AvgIpc) is 3.46. The highest BCUT2D eigenvalue weighted by Crippen LogP contribution is 2.45. The molecule has 1 aromatic heterocycles. The highest BCUT2D eigenvalue weighted by Gasteiger charge is 2.40. The van der Waals surface area contributed by atoms with Gasteiger partial charge < -0.3 is 5.32 Å². The standard InChI is InChI=1S/C23H20Cl2N2OS/c24-16-8-9-18(25)17(12-16)20-21(14-4-2-1-3-5-14)29-23(27-20)22(28)26-19-11-13-6-7-15(19)10-13/h1-5,8-9,12-13,15,19H,6-7,10-11H2,(H,26,28). The first-order valence-corrected chi connectivity index (χ1v) is 11.5. The van der Waals surface area contributed by atoms with Gasteiger partial charge in [0.05, 0.1) is 15.6 Å². The molecule has 1 N–H and O–H groups in total. The van der Waals surface area contributed by atoms with Crippen LogP contribution in [0.3, 0.4) is 0 Å². The minimum atomic E-state index is -0.0888. The lowest BCUT2D eigenvalue weighted by Gasteiger charge is -2.22. The van der Waals surface area contributed by atoms with Crippen molar-refractivity contribution in [1.29, 1.82) is 0 Å². The molecule has 5 rings (SSSR count). The lowest BCUT2D eigenvalue weighted by molar-refractivity contribution is 0.0922. The van der Waals surface area contributed by atoms with Gasteiger partial charge in [0.25, 0.3) is 5.91 Å². The Morgan fingerprint density at radius 3 is 2.62 bits per heavy atom. The summed E-state index contributed by atoms with van der Waals surface area (Å²) in [5, 5.41) is 4.87. The highest BCUT2D eigenvalue weighted by molar-refractivity contribution is 7.17. The van der Waals surface area contributed by atoms with E-state index in [9.17, 15) is 4.79 Å². The molecule has 6 heteroatoms. The minimum Gasteiger partial charge on any atom is -0.347 e. The van der Waals surface area contributed by atoms with Crippen LogP contribution in [0.25, 0.3) is 21.7 Å². The molecule has 1 amide bonds. The number of halogens is 2. The minimum absolute atomic E-state index is 0.0888. The molecule has 0 saturated heterocycles. The van der Waals surface area contributed by atoms with Gasteiger partial charge in [-0.25, -0.2) is 4.98 Å². The lowest BCUT2D eigenvalue weighted by Crippen LogP contribution is -2.38. The summed E-state index contributed by atoms with van der Waals surface area (Å²) in [6.07, 6.45) is 4.89. The van der Waals surface area contributed by atoms with Crippen LogP contribution in [0.4, 0.5) is 0 Å². The third-order valence-corrected chi connectivity index (χ3v) is 7.76. The number of nitrogens with zero attached hydrogens (tertiary/aromatic N) is 1. The number of amides is 1. The number of carbonyl (C=O) groups excluding carboxylic acids is 1. The smallest absolute Gasteiger partial charge is 0.280 e. The van der Waals surface area contributed by atoms with E-state index < -0.39 is 0 Å². The first-order valence-electron chi connectivity index (χ1n) is 9.91. The molecule has 1 heterocycles. The maximum absolute atomic E-state index is 13.0. The zero-order valence-corrected chi connectivity index (χ0v) is 18.0. The van der Waals surface area contributed by atoms with Gasteiger partial charge in [-0.05, 0) is 54.9 Å². The topological polar surface area (TPSA) is 42.0 Å². The predicted octanol–water partition coefficient (Wildman–Crippen LogP) is 6.70. The second-order valence-corrected chi connectivity index (χ2v) is 9.78. The van der Waals surface area contributed by atoms with Gasteiger partial charge in [0.2, 0.25) is 0 Å². The van der Waals surface area contributed by atoms with Gasteiger partial charge in [-0.1, -0.05) is 60.0 Å². The Bertz CT molecular complexity index is 1070. The molecule has 2 aliphatic carbocycles. The molecular weight excluding hydrogens is 423 g/mol. The second-order valence-electron chi connectivity index (χ2n) is 7.94. The van der Waals surface area contributed by atoms with Crippen LogP contribution in [-0.2, 0) is 0 Å². The van der Waals surface area contributed by atoms with Crippen LogP contribution < -0.4 is 5.32 Å². The lowest BCUT2D eigenvalue weighted by atomic mass is 9.95. The Morgan fingerprint density at radius 1 is 1.07 bits per heavy atom. The van der Waals surface area contributed by atoms with E-state index in [1.807, 2.05) is 36.4 Å². The largest absolute Gasteiger partial charge is 0.347 e. The molecule has 0 spiro atoms. The van der Waals surface area contributed by atoms with Crippen molar-refractivity contribution >= 4 is 40.4 Å². The van der Waals surface area contributed by atoms with E-state index in [2.05, 4.69) is 5.32 Å². The number of nitrogens with one attached hydrogen (secondary N) is 1. The third kappa shape index (κ3) is 3.70. The van der Waals surface area contributed by atoms with Crippen molar-refractivity contribution in [3.05, 3.63) is 63.6 Å². The molecule has 3 atom stereocenters. The van der Waals surface area contributed by atoms with Gasteiger partial charge in [0.15, 0.2) is 5.01 Å². The van der Waals surface area contributed by atoms with Crippen molar-refractivity contribution in [1.82, 2.24) is 10.3 Å². The summed E-state index contributed by atoms with van der Waals surface area (Å²) in [5.41, 5.74) is 2.45. The summed E-state index contributed by atoms with van der Waals surface area (Å²) in [7, 11) is 0. The van der Waals surface area contributed by atoms with E-state index >= 15 is 0 Å². The van der Waals surface area contributed by atoms with Crippen LogP contribution in [-0.4, -0.2) is 16.9 Å². The molecule has 3 aromatic rings. The summed E-state index contributed by atoms with van der Waals surface area (Å²) in [5.74, 6) is 1.32. The number of rotatable bonds is 4. The molecular formula is C23H20Cl2N2OS. The van der Waals surface area contributed by atoms with Gasteiger partial charge in [-0.15, -0.1) is 11.3 Å². The maximum Gasteiger partial charge on any atom is 0.280 e. The molecule has 2 bridgehead atoms.